The van der Waals surface area contributed by atoms with Crippen LogP contribution in [-0.4, -0.2) is 27.3 Å². The van der Waals surface area contributed by atoms with Crippen LogP contribution in [0.5, 0.6) is 0 Å². The Morgan fingerprint density at radius 1 is 1.29 bits per heavy atom. The summed E-state index contributed by atoms with van der Waals surface area (Å²) < 4.78 is 25.2. The van der Waals surface area contributed by atoms with Gasteiger partial charge in [0.2, 0.25) is 0 Å². The standard InChI is InChI=1S/C12H16BrNO2S/c13-11-3-5-12(6-4-11)17(15,16)9-10-2-1-7-14-8-10/h3-6,10,14H,1-2,7-9H2/t10-/m1/s1. The van der Waals surface area contributed by atoms with Gasteiger partial charge in [-0.15, -0.1) is 0 Å². The quantitative estimate of drug-likeness (QED) is 0.929. The molecule has 1 aromatic rings. The van der Waals surface area contributed by atoms with Gasteiger partial charge in [0.05, 0.1) is 10.6 Å². The van der Waals surface area contributed by atoms with E-state index in [0.717, 1.165) is 30.4 Å². The maximum atomic E-state index is 12.2. The Bertz CT molecular complexity index is 464. The minimum Gasteiger partial charge on any atom is -0.316 e. The molecule has 1 saturated heterocycles. The van der Waals surface area contributed by atoms with E-state index < -0.39 is 9.84 Å². The summed E-state index contributed by atoms with van der Waals surface area (Å²) in [6.07, 6.45) is 2.07. The molecule has 0 amide bonds. The molecule has 3 nitrogen and oxygen atoms in total. The minimum atomic E-state index is -3.14. The molecule has 0 saturated carbocycles. The molecule has 0 aromatic heterocycles. The van der Waals surface area contributed by atoms with E-state index in [0.29, 0.717) is 4.90 Å². The summed E-state index contributed by atoms with van der Waals surface area (Å²) in [7, 11) is -3.14. The Balaban J connectivity index is 2.10. The number of sulfone groups is 1. The van der Waals surface area contributed by atoms with Crippen LogP contribution in [0.3, 0.4) is 0 Å². The molecule has 1 atom stereocenters. The monoisotopic (exact) mass is 317 g/mol. The molecule has 5 heteroatoms. The Kier molecular flexibility index (Phi) is 4.22. The Labute approximate surface area is 111 Å². The van der Waals surface area contributed by atoms with Crippen LogP contribution < -0.4 is 5.32 Å². The number of benzene rings is 1. The van der Waals surface area contributed by atoms with Crippen molar-refractivity contribution in [3.63, 3.8) is 0 Å². The van der Waals surface area contributed by atoms with Crippen LogP contribution in [0.25, 0.3) is 0 Å². The van der Waals surface area contributed by atoms with Gasteiger partial charge >= 0.3 is 0 Å². The molecule has 94 valence electrons. The van der Waals surface area contributed by atoms with Gasteiger partial charge in [0.15, 0.2) is 9.84 Å². The largest absolute Gasteiger partial charge is 0.316 e. The van der Waals surface area contributed by atoms with Crippen molar-refractivity contribution < 1.29 is 8.42 Å². The van der Waals surface area contributed by atoms with Crippen LogP contribution >= 0.6 is 15.9 Å². The minimum absolute atomic E-state index is 0.248. The van der Waals surface area contributed by atoms with Crippen LogP contribution in [0.15, 0.2) is 33.6 Å². The molecular formula is C12H16BrNO2S. The van der Waals surface area contributed by atoms with Gasteiger partial charge in [-0.1, -0.05) is 15.9 Å². The molecule has 1 aromatic carbocycles. The summed E-state index contributed by atoms with van der Waals surface area (Å²) in [5.74, 6) is 0.499. The van der Waals surface area contributed by atoms with Gasteiger partial charge in [-0.25, -0.2) is 8.42 Å². The van der Waals surface area contributed by atoms with E-state index in [9.17, 15) is 8.42 Å². The predicted molar refractivity (Wildman–Crippen MR) is 71.8 cm³/mol. The highest BCUT2D eigenvalue weighted by Crippen LogP contribution is 2.20. The molecule has 1 N–H and O–H groups in total. The van der Waals surface area contributed by atoms with Crippen molar-refractivity contribution in [2.75, 3.05) is 18.8 Å². The van der Waals surface area contributed by atoms with Crippen molar-refractivity contribution in [1.29, 1.82) is 0 Å². The van der Waals surface area contributed by atoms with E-state index >= 15 is 0 Å². The molecule has 2 rings (SSSR count). The maximum absolute atomic E-state index is 12.2. The number of piperidine rings is 1. The third-order valence-electron chi connectivity index (χ3n) is 3.03. The summed E-state index contributed by atoms with van der Waals surface area (Å²) in [5, 5.41) is 3.25. The van der Waals surface area contributed by atoms with E-state index in [1.165, 1.54) is 0 Å². The highest BCUT2D eigenvalue weighted by Gasteiger charge is 2.22. The van der Waals surface area contributed by atoms with Gasteiger partial charge in [-0.3, -0.25) is 0 Å². The van der Waals surface area contributed by atoms with Gasteiger partial charge in [-0.2, -0.15) is 0 Å². The van der Waals surface area contributed by atoms with Crippen molar-refractivity contribution >= 4 is 25.8 Å². The number of hydrogen-bond donors (Lipinski definition) is 1. The fourth-order valence-electron chi connectivity index (χ4n) is 2.11. The van der Waals surface area contributed by atoms with Crippen molar-refractivity contribution in [2.45, 2.75) is 17.7 Å². The second-order valence-corrected chi connectivity index (χ2v) is 7.40. The molecular weight excluding hydrogens is 302 g/mol. The normalized spacial score (nSPS) is 21.4. The number of rotatable bonds is 3. The number of nitrogens with one attached hydrogen (secondary N) is 1. The van der Waals surface area contributed by atoms with Gasteiger partial charge < -0.3 is 5.32 Å². The Morgan fingerprint density at radius 3 is 2.59 bits per heavy atom. The first kappa shape index (κ1) is 13.1. The highest BCUT2D eigenvalue weighted by molar-refractivity contribution is 9.10. The molecule has 1 aliphatic heterocycles. The smallest absolute Gasteiger partial charge is 0.178 e. The average Bonchev–Trinajstić information content (AvgIpc) is 2.30. The van der Waals surface area contributed by atoms with Gasteiger partial charge in [0.25, 0.3) is 0 Å². The molecule has 0 bridgehead atoms. The molecule has 1 heterocycles. The average molecular weight is 318 g/mol. The van der Waals surface area contributed by atoms with E-state index in [1.54, 1.807) is 24.3 Å². The van der Waals surface area contributed by atoms with Crippen molar-refractivity contribution in [3.05, 3.63) is 28.7 Å². The molecule has 17 heavy (non-hydrogen) atoms. The fraction of sp³-hybridized carbons (Fsp3) is 0.500. The number of hydrogen-bond acceptors (Lipinski definition) is 3. The van der Waals surface area contributed by atoms with Crippen molar-refractivity contribution in [3.8, 4) is 0 Å². The van der Waals surface area contributed by atoms with Gasteiger partial charge in [0.1, 0.15) is 0 Å². The van der Waals surface area contributed by atoms with E-state index in [4.69, 9.17) is 0 Å². The zero-order chi connectivity index (χ0) is 12.3. The van der Waals surface area contributed by atoms with Crippen LogP contribution in [0.4, 0.5) is 0 Å². The SMILES string of the molecule is O=S(=O)(C[C@@H]1CCCNC1)c1ccc(Br)cc1. The van der Waals surface area contributed by atoms with E-state index in [-0.39, 0.29) is 11.7 Å². The van der Waals surface area contributed by atoms with Gasteiger partial charge in [-0.05, 0) is 56.1 Å². The zero-order valence-electron chi connectivity index (χ0n) is 9.52. The topological polar surface area (TPSA) is 46.2 Å². The summed E-state index contributed by atoms with van der Waals surface area (Å²) in [6, 6.07) is 6.86. The third-order valence-corrected chi connectivity index (χ3v) is 5.46. The molecule has 0 unspecified atom stereocenters. The predicted octanol–water partition coefficient (Wildman–Crippen LogP) is 2.22. The summed E-state index contributed by atoms with van der Waals surface area (Å²) >= 11 is 3.31. The molecule has 1 aliphatic rings. The van der Waals surface area contributed by atoms with Crippen LogP contribution in [0.2, 0.25) is 0 Å². The van der Waals surface area contributed by atoms with Crippen molar-refractivity contribution in [1.82, 2.24) is 5.32 Å². The third kappa shape index (κ3) is 3.53. The first-order valence-electron chi connectivity index (χ1n) is 5.77. The maximum Gasteiger partial charge on any atom is 0.178 e. The zero-order valence-corrected chi connectivity index (χ0v) is 11.9. The lowest BCUT2D eigenvalue weighted by Gasteiger charge is -2.22. The second kappa shape index (κ2) is 5.50. The lowest BCUT2D eigenvalue weighted by molar-refractivity contribution is 0.404. The molecule has 0 radical (unpaired) electrons. The van der Waals surface area contributed by atoms with Gasteiger partial charge in [0, 0.05) is 4.47 Å². The van der Waals surface area contributed by atoms with E-state index in [1.807, 2.05) is 0 Å². The molecule has 0 spiro atoms. The van der Waals surface area contributed by atoms with E-state index in [2.05, 4.69) is 21.2 Å². The second-order valence-electron chi connectivity index (χ2n) is 4.45. The lowest BCUT2D eigenvalue weighted by Crippen LogP contribution is -2.33. The lowest BCUT2D eigenvalue weighted by atomic mass is 10.0. The first-order chi connectivity index (χ1) is 8.08. The summed E-state index contributed by atoms with van der Waals surface area (Å²) in [4.78, 5) is 0.422. The van der Waals surface area contributed by atoms with Crippen molar-refractivity contribution in [2.24, 2.45) is 5.92 Å². The first-order valence-corrected chi connectivity index (χ1v) is 8.21. The van der Waals surface area contributed by atoms with Crippen LogP contribution in [0, 0.1) is 5.92 Å². The summed E-state index contributed by atoms with van der Waals surface area (Å²) in [5.41, 5.74) is 0. The fourth-order valence-corrected chi connectivity index (χ4v) is 4.03. The Morgan fingerprint density at radius 2 is 2.00 bits per heavy atom. The van der Waals surface area contributed by atoms with Crippen LogP contribution in [-0.2, 0) is 9.84 Å². The molecule has 1 fully saturated rings. The van der Waals surface area contributed by atoms with Crippen LogP contribution in [0.1, 0.15) is 12.8 Å². The highest BCUT2D eigenvalue weighted by atomic mass is 79.9. The Hall–Kier alpha value is -0.390. The molecule has 0 aliphatic carbocycles. The summed E-state index contributed by atoms with van der Waals surface area (Å²) in [6.45, 7) is 1.82. The number of halogens is 1.